The first-order valence-electron chi connectivity index (χ1n) is 7.10. The molecule has 0 radical (unpaired) electrons. The van der Waals surface area contributed by atoms with Crippen molar-refractivity contribution in [2.45, 2.75) is 26.4 Å². The minimum Gasteiger partial charge on any atom is -0.497 e. The molecule has 0 N–H and O–H groups in total. The average molecular weight is 336 g/mol. The Morgan fingerprint density at radius 1 is 1.17 bits per heavy atom. The van der Waals surface area contributed by atoms with Gasteiger partial charge in [0.05, 0.1) is 20.6 Å². The van der Waals surface area contributed by atoms with Gasteiger partial charge in [0.2, 0.25) is 0 Å². The van der Waals surface area contributed by atoms with E-state index in [-0.39, 0.29) is 12.0 Å². The van der Waals surface area contributed by atoms with E-state index in [4.69, 9.17) is 14.2 Å². The van der Waals surface area contributed by atoms with E-state index in [0.717, 1.165) is 0 Å². The topological polar surface area (TPSA) is 88.1 Å². The monoisotopic (exact) mass is 336 g/mol. The lowest BCUT2D eigenvalue weighted by Gasteiger charge is -2.13. The number of carbonyl (C=O) groups excluding carboxylic acids is 3. The van der Waals surface area contributed by atoms with Crippen LogP contribution in [-0.2, 0) is 30.3 Å². The summed E-state index contributed by atoms with van der Waals surface area (Å²) in [5.41, 5.74) is 0.642. The van der Waals surface area contributed by atoms with E-state index in [9.17, 15) is 14.4 Å². The van der Waals surface area contributed by atoms with Gasteiger partial charge in [0.15, 0.2) is 6.10 Å². The van der Waals surface area contributed by atoms with Crippen molar-refractivity contribution in [3.63, 3.8) is 0 Å². The van der Waals surface area contributed by atoms with Crippen molar-refractivity contribution < 1.29 is 33.3 Å². The van der Waals surface area contributed by atoms with Crippen molar-refractivity contribution >= 4 is 17.9 Å². The fourth-order valence-electron chi connectivity index (χ4n) is 1.72. The Morgan fingerprint density at radius 3 is 2.38 bits per heavy atom. The number of carbonyl (C=O) groups is 3. The van der Waals surface area contributed by atoms with Gasteiger partial charge in [0.1, 0.15) is 11.5 Å². The summed E-state index contributed by atoms with van der Waals surface area (Å²) >= 11 is 0. The summed E-state index contributed by atoms with van der Waals surface area (Å²) in [5.74, 6) is -1.50. The molecule has 0 aliphatic rings. The maximum absolute atomic E-state index is 11.9. The van der Waals surface area contributed by atoms with Gasteiger partial charge in [0.25, 0.3) is 0 Å². The van der Waals surface area contributed by atoms with Crippen LogP contribution in [0.5, 0.6) is 11.5 Å². The molecule has 0 aliphatic heterocycles. The highest BCUT2D eigenvalue weighted by molar-refractivity contribution is 5.92. The zero-order valence-corrected chi connectivity index (χ0v) is 14.1. The van der Waals surface area contributed by atoms with Crippen LogP contribution in [0.25, 0.3) is 0 Å². The number of hydrogen-bond donors (Lipinski definition) is 0. The smallest absolute Gasteiger partial charge is 0.354 e. The summed E-state index contributed by atoms with van der Waals surface area (Å²) in [6.45, 7) is 6.15. The van der Waals surface area contributed by atoms with Crippen LogP contribution in [0.4, 0.5) is 0 Å². The summed E-state index contributed by atoms with van der Waals surface area (Å²) in [7, 11) is 2.95. The van der Waals surface area contributed by atoms with Crippen molar-refractivity contribution in [1.29, 1.82) is 0 Å². The van der Waals surface area contributed by atoms with Gasteiger partial charge in [-0.05, 0) is 32.0 Å². The van der Waals surface area contributed by atoms with Gasteiger partial charge in [-0.15, -0.1) is 0 Å². The van der Waals surface area contributed by atoms with Crippen LogP contribution in [0.15, 0.2) is 30.4 Å². The number of hydrogen-bond acceptors (Lipinski definition) is 7. The molecule has 0 saturated carbocycles. The number of esters is 3. The highest BCUT2D eigenvalue weighted by Crippen LogP contribution is 2.24. The number of rotatable bonds is 7. The fraction of sp³-hybridized carbons (Fsp3) is 0.353. The van der Waals surface area contributed by atoms with Crippen LogP contribution in [0.1, 0.15) is 19.4 Å². The average Bonchev–Trinajstić information content (AvgIpc) is 2.54. The van der Waals surface area contributed by atoms with Gasteiger partial charge in [0, 0.05) is 11.1 Å². The molecule has 130 valence electrons. The van der Waals surface area contributed by atoms with E-state index < -0.39 is 24.0 Å². The Balaban J connectivity index is 2.70. The zero-order valence-electron chi connectivity index (χ0n) is 14.1. The first-order chi connectivity index (χ1) is 11.3. The van der Waals surface area contributed by atoms with Crippen LogP contribution in [0, 0.1) is 0 Å². The lowest BCUT2D eigenvalue weighted by molar-refractivity contribution is -0.171. The molecule has 24 heavy (non-hydrogen) atoms. The third-order valence-electron chi connectivity index (χ3n) is 3.00. The molecular weight excluding hydrogens is 316 g/mol. The molecule has 0 amide bonds. The lowest BCUT2D eigenvalue weighted by atomic mass is 10.1. The lowest BCUT2D eigenvalue weighted by Crippen LogP contribution is -2.29. The SMILES string of the molecule is C=C(C)C(=O)OC(C)C(=O)OC(=O)Cc1cc(OC)ccc1OC. The molecule has 1 atom stereocenters. The van der Waals surface area contributed by atoms with E-state index >= 15 is 0 Å². The molecule has 0 fully saturated rings. The van der Waals surface area contributed by atoms with Crippen molar-refractivity contribution in [1.82, 2.24) is 0 Å². The van der Waals surface area contributed by atoms with Gasteiger partial charge < -0.3 is 18.9 Å². The van der Waals surface area contributed by atoms with Gasteiger partial charge in [-0.2, -0.15) is 0 Å². The van der Waals surface area contributed by atoms with Gasteiger partial charge in [-0.3, -0.25) is 4.79 Å². The standard InChI is InChI=1S/C17H20O7/c1-10(2)16(19)23-11(3)17(20)24-15(18)9-12-8-13(21-4)6-7-14(12)22-5/h6-8,11H,1,9H2,2-5H3. The second-order valence-electron chi connectivity index (χ2n) is 4.98. The molecule has 7 heteroatoms. The van der Waals surface area contributed by atoms with Gasteiger partial charge in [-0.25, -0.2) is 9.59 Å². The highest BCUT2D eigenvalue weighted by atomic mass is 16.6. The predicted octanol–water partition coefficient (Wildman–Crippen LogP) is 1.82. The Bertz CT molecular complexity index is 648. The molecule has 1 aromatic rings. The number of methoxy groups -OCH3 is 2. The van der Waals surface area contributed by atoms with Crippen LogP contribution >= 0.6 is 0 Å². The summed E-state index contributed by atoms with van der Waals surface area (Å²) in [6.07, 6.45) is -1.42. The van der Waals surface area contributed by atoms with Crippen LogP contribution in [0.3, 0.4) is 0 Å². The first-order valence-corrected chi connectivity index (χ1v) is 7.10. The first kappa shape index (κ1) is 19.2. The molecular formula is C17H20O7. The molecule has 1 unspecified atom stereocenters. The summed E-state index contributed by atoms with van der Waals surface area (Å²) < 4.78 is 19.7. The molecule has 0 heterocycles. The Labute approximate surface area is 140 Å². The molecule has 0 spiro atoms. The zero-order chi connectivity index (χ0) is 18.3. The van der Waals surface area contributed by atoms with E-state index in [1.54, 1.807) is 18.2 Å². The van der Waals surface area contributed by atoms with Gasteiger partial charge in [-0.1, -0.05) is 6.58 Å². The quantitative estimate of drug-likeness (QED) is 0.426. The van der Waals surface area contributed by atoms with Crippen molar-refractivity contribution in [2.24, 2.45) is 0 Å². The second kappa shape index (κ2) is 8.71. The number of ether oxygens (including phenoxy) is 4. The molecule has 0 aliphatic carbocycles. The summed E-state index contributed by atoms with van der Waals surface area (Å²) in [4.78, 5) is 35.0. The Morgan fingerprint density at radius 2 is 1.83 bits per heavy atom. The fourth-order valence-corrected chi connectivity index (χ4v) is 1.72. The highest BCUT2D eigenvalue weighted by Gasteiger charge is 2.23. The van der Waals surface area contributed by atoms with E-state index in [0.29, 0.717) is 17.1 Å². The summed E-state index contributed by atoms with van der Waals surface area (Å²) in [5, 5.41) is 0. The van der Waals surface area contributed by atoms with Crippen molar-refractivity contribution in [3.8, 4) is 11.5 Å². The minimum absolute atomic E-state index is 0.141. The van der Waals surface area contributed by atoms with Crippen molar-refractivity contribution in [3.05, 3.63) is 35.9 Å². The van der Waals surface area contributed by atoms with Crippen LogP contribution in [0.2, 0.25) is 0 Å². The van der Waals surface area contributed by atoms with Crippen LogP contribution in [-0.4, -0.2) is 38.2 Å². The molecule has 0 bridgehead atoms. The third-order valence-corrected chi connectivity index (χ3v) is 3.00. The predicted molar refractivity (Wildman–Crippen MR) is 84.7 cm³/mol. The maximum atomic E-state index is 11.9. The second-order valence-corrected chi connectivity index (χ2v) is 4.98. The molecule has 0 aromatic heterocycles. The minimum atomic E-state index is -1.22. The molecule has 7 nitrogen and oxygen atoms in total. The molecule has 1 aromatic carbocycles. The maximum Gasteiger partial charge on any atom is 0.354 e. The Hall–Kier alpha value is -2.83. The van der Waals surface area contributed by atoms with E-state index in [2.05, 4.69) is 11.3 Å². The number of benzene rings is 1. The van der Waals surface area contributed by atoms with Gasteiger partial charge >= 0.3 is 17.9 Å². The Kier molecular flexibility index (Phi) is 6.98. The van der Waals surface area contributed by atoms with Crippen molar-refractivity contribution in [2.75, 3.05) is 14.2 Å². The molecule has 0 saturated heterocycles. The normalized spacial score (nSPS) is 11.2. The summed E-state index contributed by atoms with van der Waals surface area (Å²) in [6, 6.07) is 4.92. The van der Waals surface area contributed by atoms with E-state index in [1.165, 1.54) is 28.1 Å². The third kappa shape index (κ3) is 5.42. The largest absolute Gasteiger partial charge is 0.497 e. The van der Waals surface area contributed by atoms with Crippen LogP contribution < -0.4 is 9.47 Å². The molecule has 1 rings (SSSR count). The van der Waals surface area contributed by atoms with E-state index in [1.807, 2.05) is 0 Å².